The van der Waals surface area contributed by atoms with Crippen molar-refractivity contribution in [3.63, 3.8) is 0 Å². The van der Waals surface area contributed by atoms with Crippen LogP contribution >= 0.6 is 34.5 Å². The monoisotopic (exact) mass is 471 g/mol. The van der Waals surface area contributed by atoms with Gasteiger partial charge in [-0.1, -0.05) is 46.7 Å². The molecule has 29 heavy (non-hydrogen) atoms. The summed E-state index contributed by atoms with van der Waals surface area (Å²) in [5, 5.41) is 2.79. The van der Waals surface area contributed by atoms with Gasteiger partial charge in [-0.25, -0.2) is 9.78 Å². The zero-order valence-corrected chi connectivity index (χ0v) is 18.0. The fourth-order valence-corrected chi connectivity index (χ4v) is 7.00. The Balaban J connectivity index is 1.82. The van der Waals surface area contributed by atoms with Crippen molar-refractivity contribution in [3.05, 3.63) is 50.4 Å². The van der Waals surface area contributed by atoms with Crippen molar-refractivity contribution in [2.24, 2.45) is 0 Å². The fourth-order valence-electron chi connectivity index (χ4n) is 3.88. The summed E-state index contributed by atoms with van der Waals surface area (Å²) in [6.45, 7) is 1.54. The number of benzene rings is 1. The zero-order valence-electron chi connectivity index (χ0n) is 14.9. The van der Waals surface area contributed by atoms with Gasteiger partial charge in [0.05, 0.1) is 11.0 Å². The second kappa shape index (κ2) is 6.85. The Kier molecular flexibility index (Phi) is 4.52. The van der Waals surface area contributed by atoms with E-state index in [-0.39, 0.29) is 16.2 Å². The van der Waals surface area contributed by atoms with Crippen molar-refractivity contribution in [2.75, 3.05) is 13.1 Å². The molecule has 0 radical (unpaired) electrons. The molecular formula is C17H15Cl2N5O3S2. The number of nitrogens with zero attached hydrogens (tertiary/aromatic N) is 4. The van der Waals surface area contributed by atoms with Crippen molar-refractivity contribution in [1.29, 1.82) is 0 Å². The summed E-state index contributed by atoms with van der Waals surface area (Å²) in [6, 6.07) is 6.80. The molecule has 1 aliphatic rings. The van der Waals surface area contributed by atoms with Crippen LogP contribution in [0.4, 0.5) is 0 Å². The molecule has 12 heteroatoms. The van der Waals surface area contributed by atoms with E-state index < -0.39 is 15.7 Å². The summed E-state index contributed by atoms with van der Waals surface area (Å²) in [7, 11) is -4.33. The molecule has 8 nitrogen and oxygen atoms in total. The van der Waals surface area contributed by atoms with Crippen molar-refractivity contribution in [2.45, 2.75) is 23.9 Å². The largest absolute Gasteiger partial charge is 0.343 e. The molecule has 0 atom stereocenters. The maximum absolute atomic E-state index is 13.6. The minimum atomic E-state index is -4.33. The van der Waals surface area contributed by atoms with Crippen molar-refractivity contribution < 1.29 is 8.42 Å². The molecule has 1 aliphatic heterocycles. The summed E-state index contributed by atoms with van der Waals surface area (Å²) in [6.07, 6.45) is 2.92. The number of piperidine rings is 1. The highest BCUT2D eigenvalue weighted by Gasteiger charge is 2.33. The lowest BCUT2D eigenvalue weighted by atomic mass is 10.1. The number of fused-ring (bicyclic) bond motifs is 2. The van der Waals surface area contributed by atoms with Crippen LogP contribution in [-0.2, 0) is 10.0 Å². The summed E-state index contributed by atoms with van der Waals surface area (Å²) in [5.74, 6) is 0. The van der Waals surface area contributed by atoms with Gasteiger partial charge in [0, 0.05) is 12.2 Å². The van der Waals surface area contributed by atoms with E-state index in [2.05, 4.69) is 10.3 Å². The molecule has 152 valence electrons. The number of imidazole rings is 2. The van der Waals surface area contributed by atoms with Crippen LogP contribution in [0.1, 0.15) is 18.9 Å². The summed E-state index contributed by atoms with van der Waals surface area (Å²) in [5.41, 5.74) is 0.280. The van der Waals surface area contributed by atoms with Crippen LogP contribution in [0.25, 0.3) is 16.0 Å². The lowest BCUT2D eigenvalue weighted by Crippen LogP contribution is -2.36. The molecule has 1 fully saturated rings. The van der Waals surface area contributed by atoms with E-state index in [1.165, 1.54) is 10.6 Å². The van der Waals surface area contributed by atoms with Gasteiger partial charge in [0.15, 0.2) is 10.1 Å². The van der Waals surface area contributed by atoms with Gasteiger partial charge in [-0.05, 0) is 38.1 Å². The lowest BCUT2D eigenvalue weighted by Gasteiger charge is -2.23. The second-order valence-electron chi connectivity index (χ2n) is 6.79. The molecule has 0 spiro atoms. The van der Waals surface area contributed by atoms with Crippen LogP contribution in [-0.4, -0.2) is 39.4 Å². The number of rotatable bonds is 3. The van der Waals surface area contributed by atoms with E-state index in [4.69, 9.17) is 23.2 Å². The molecule has 5 rings (SSSR count). The molecule has 0 bridgehead atoms. The third-order valence-corrected chi connectivity index (χ3v) is 8.30. The predicted octanol–water partition coefficient (Wildman–Crippen LogP) is 2.98. The summed E-state index contributed by atoms with van der Waals surface area (Å²) >= 11 is 13.3. The Hall–Kier alpha value is -1.85. The fraction of sp³-hybridized carbons (Fsp3) is 0.294. The Morgan fingerprint density at radius 3 is 2.55 bits per heavy atom. The Morgan fingerprint density at radius 1 is 1.14 bits per heavy atom. The van der Waals surface area contributed by atoms with Crippen LogP contribution in [0.3, 0.4) is 0 Å². The highest BCUT2D eigenvalue weighted by Crippen LogP contribution is 2.32. The third kappa shape index (κ3) is 2.85. The average molecular weight is 472 g/mol. The van der Waals surface area contributed by atoms with Gasteiger partial charge in [0.2, 0.25) is 5.03 Å². The predicted molar refractivity (Wildman–Crippen MR) is 113 cm³/mol. The molecular weight excluding hydrogens is 457 g/mol. The van der Waals surface area contributed by atoms with Gasteiger partial charge in [-0.15, -0.1) is 0 Å². The molecule has 1 aromatic carbocycles. The van der Waals surface area contributed by atoms with Gasteiger partial charge in [-0.3, -0.25) is 8.97 Å². The highest BCUT2D eigenvalue weighted by molar-refractivity contribution is 7.90. The maximum atomic E-state index is 13.6. The van der Waals surface area contributed by atoms with Gasteiger partial charge in [-0.2, -0.15) is 12.4 Å². The Bertz CT molecular complexity index is 1410. The number of nitrogens with one attached hydrogen (secondary N) is 1. The third-order valence-electron chi connectivity index (χ3n) is 5.11. The van der Waals surface area contributed by atoms with E-state index in [0.717, 1.165) is 41.2 Å². The van der Waals surface area contributed by atoms with Gasteiger partial charge in [0.1, 0.15) is 4.34 Å². The molecule has 0 unspecified atom stereocenters. The standard InChI is InChI=1S/C17H15Cl2N5O3S2/c18-13-9-22-15(14(19)21-16(22)28-13)29(26,27)24-12-4-2-1-3-11(12)23(17(24)25)10-5-7-20-8-6-10/h1-4,9-10,20H,5-8H2. The maximum Gasteiger partial charge on any atom is 0.343 e. The van der Waals surface area contributed by atoms with Crippen molar-refractivity contribution in [3.8, 4) is 0 Å². The number of thiazole rings is 1. The minimum absolute atomic E-state index is 0.0818. The van der Waals surface area contributed by atoms with Gasteiger partial charge < -0.3 is 5.32 Å². The molecule has 0 saturated carbocycles. The molecule has 3 aromatic heterocycles. The van der Waals surface area contributed by atoms with E-state index >= 15 is 0 Å². The first-order chi connectivity index (χ1) is 13.9. The van der Waals surface area contributed by atoms with Gasteiger partial charge in [0.25, 0.3) is 10.0 Å². The van der Waals surface area contributed by atoms with Crippen LogP contribution in [0, 0.1) is 0 Å². The SMILES string of the molecule is O=c1n(C2CCNCC2)c2ccccc2n1S(=O)(=O)c1c(Cl)nc2sc(Cl)cn12. The van der Waals surface area contributed by atoms with Crippen LogP contribution < -0.4 is 11.0 Å². The normalized spacial score (nSPS) is 16.2. The number of hydrogen-bond acceptors (Lipinski definition) is 6. The first kappa shape index (κ1) is 19.1. The molecule has 1 N–H and O–H groups in total. The first-order valence-corrected chi connectivity index (χ1v) is 11.9. The minimum Gasteiger partial charge on any atom is -0.317 e. The molecule has 0 amide bonds. The molecule has 0 aliphatic carbocycles. The zero-order chi connectivity index (χ0) is 20.3. The Labute approximate surface area is 179 Å². The number of aromatic nitrogens is 4. The quantitative estimate of drug-likeness (QED) is 0.495. The van der Waals surface area contributed by atoms with E-state index in [9.17, 15) is 13.2 Å². The number of hydrogen-bond donors (Lipinski definition) is 1. The average Bonchev–Trinajstić information content (AvgIpc) is 3.28. The number of halogens is 2. The van der Waals surface area contributed by atoms with Gasteiger partial charge >= 0.3 is 5.69 Å². The highest BCUT2D eigenvalue weighted by atomic mass is 35.5. The smallest absolute Gasteiger partial charge is 0.317 e. The van der Waals surface area contributed by atoms with Crippen molar-refractivity contribution in [1.82, 2.24) is 23.2 Å². The molecule has 4 aromatic rings. The summed E-state index contributed by atoms with van der Waals surface area (Å²) in [4.78, 5) is 17.8. The second-order valence-corrected chi connectivity index (χ2v) is 10.5. The number of para-hydroxylation sites is 2. The lowest BCUT2D eigenvalue weighted by molar-refractivity contribution is 0.367. The van der Waals surface area contributed by atoms with E-state index in [0.29, 0.717) is 20.3 Å². The van der Waals surface area contributed by atoms with Crippen LogP contribution in [0.2, 0.25) is 9.49 Å². The van der Waals surface area contributed by atoms with Crippen LogP contribution in [0.15, 0.2) is 40.3 Å². The summed E-state index contributed by atoms with van der Waals surface area (Å²) < 4.78 is 31.3. The van der Waals surface area contributed by atoms with E-state index in [1.807, 2.05) is 0 Å². The molecule has 4 heterocycles. The molecule has 1 saturated heterocycles. The Morgan fingerprint density at radius 2 is 1.83 bits per heavy atom. The van der Waals surface area contributed by atoms with Crippen LogP contribution in [0.5, 0.6) is 0 Å². The first-order valence-electron chi connectivity index (χ1n) is 8.91. The van der Waals surface area contributed by atoms with E-state index in [1.54, 1.807) is 28.8 Å². The topological polar surface area (TPSA) is 90.4 Å². The van der Waals surface area contributed by atoms with Crippen molar-refractivity contribution >= 4 is 60.6 Å².